The standard InChI is InChI=1S/C12H20N2O2S/c1-6-14(5)17(15,16)12-9(3)7-8(2)11(13)10(12)4/h7H,6,13H2,1-5H3. The molecule has 4 nitrogen and oxygen atoms in total. The first-order valence-corrected chi connectivity index (χ1v) is 7.00. The Bertz CT molecular complexity index is 536. The minimum atomic E-state index is -3.44. The monoisotopic (exact) mass is 256 g/mol. The molecule has 0 fully saturated rings. The fraction of sp³-hybridized carbons (Fsp3) is 0.500. The normalized spacial score (nSPS) is 12.1. The van der Waals surface area contributed by atoms with E-state index in [9.17, 15) is 8.42 Å². The molecule has 0 saturated heterocycles. The molecule has 0 amide bonds. The summed E-state index contributed by atoms with van der Waals surface area (Å²) in [5, 5.41) is 0. The van der Waals surface area contributed by atoms with Crippen LogP contribution in [0, 0.1) is 20.8 Å². The highest BCUT2D eigenvalue weighted by Gasteiger charge is 2.25. The summed E-state index contributed by atoms with van der Waals surface area (Å²) in [7, 11) is -1.86. The molecule has 2 N–H and O–H groups in total. The highest BCUT2D eigenvalue weighted by atomic mass is 32.2. The van der Waals surface area contributed by atoms with E-state index >= 15 is 0 Å². The van der Waals surface area contributed by atoms with E-state index in [2.05, 4.69) is 0 Å². The predicted octanol–water partition coefficient (Wildman–Crippen LogP) is 1.83. The van der Waals surface area contributed by atoms with Crippen LogP contribution in [0.25, 0.3) is 0 Å². The average Bonchev–Trinajstić information content (AvgIpc) is 2.24. The van der Waals surface area contributed by atoms with Crippen LogP contribution in [0.15, 0.2) is 11.0 Å². The summed E-state index contributed by atoms with van der Waals surface area (Å²) in [6.07, 6.45) is 0. The quantitative estimate of drug-likeness (QED) is 0.839. The van der Waals surface area contributed by atoms with E-state index in [1.165, 1.54) is 4.31 Å². The van der Waals surface area contributed by atoms with Crippen molar-refractivity contribution in [1.82, 2.24) is 4.31 Å². The van der Waals surface area contributed by atoms with E-state index in [0.717, 1.165) is 11.1 Å². The number of anilines is 1. The summed E-state index contributed by atoms with van der Waals surface area (Å²) >= 11 is 0. The first kappa shape index (κ1) is 14.0. The van der Waals surface area contributed by atoms with Crippen LogP contribution in [0.1, 0.15) is 23.6 Å². The number of nitrogens with two attached hydrogens (primary N) is 1. The molecule has 1 rings (SSSR count). The smallest absolute Gasteiger partial charge is 0.243 e. The molecule has 0 aliphatic rings. The van der Waals surface area contributed by atoms with Crippen molar-refractivity contribution in [3.63, 3.8) is 0 Å². The fourth-order valence-corrected chi connectivity index (χ4v) is 3.52. The van der Waals surface area contributed by atoms with Crippen LogP contribution in [0.3, 0.4) is 0 Å². The van der Waals surface area contributed by atoms with Gasteiger partial charge >= 0.3 is 0 Å². The lowest BCUT2D eigenvalue weighted by Gasteiger charge is -2.20. The molecular formula is C12H20N2O2S. The van der Waals surface area contributed by atoms with Crippen molar-refractivity contribution in [2.45, 2.75) is 32.6 Å². The average molecular weight is 256 g/mol. The Morgan fingerprint density at radius 3 is 2.24 bits per heavy atom. The van der Waals surface area contributed by atoms with E-state index in [0.29, 0.717) is 22.7 Å². The second-order valence-corrected chi connectivity index (χ2v) is 6.28. The molecule has 0 aromatic heterocycles. The number of aryl methyl sites for hydroxylation is 2. The maximum absolute atomic E-state index is 12.3. The van der Waals surface area contributed by atoms with Crippen LogP contribution in [0.2, 0.25) is 0 Å². The molecule has 0 spiro atoms. The largest absolute Gasteiger partial charge is 0.398 e. The number of hydrogen-bond acceptors (Lipinski definition) is 3. The Hall–Kier alpha value is -1.07. The van der Waals surface area contributed by atoms with Gasteiger partial charge in [0, 0.05) is 19.3 Å². The molecule has 0 unspecified atom stereocenters. The molecule has 96 valence electrons. The molecule has 0 aliphatic carbocycles. The zero-order chi connectivity index (χ0) is 13.4. The first-order chi connectivity index (χ1) is 7.73. The SMILES string of the molecule is CCN(C)S(=O)(=O)c1c(C)cc(C)c(N)c1C. The van der Waals surface area contributed by atoms with Crippen molar-refractivity contribution >= 4 is 15.7 Å². The van der Waals surface area contributed by atoms with Gasteiger partial charge in [0.25, 0.3) is 0 Å². The summed E-state index contributed by atoms with van der Waals surface area (Å²) in [5.74, 6) is 0. The molecule has 1 aromatic carbocycles. The van der Waals surface area contributed by atoms with E-state index in [4.69, 9.17) is 5.73 Å². The summed E-state index contributed by atoms with van der Waals surface area (Å²) in [5.41, 5.74) is 8.76. The van der Waals surface area contributed by atoms with Crippen molar-refractivity contribution in [3.05, 3.63) is 22.8 Å². The second-order valence-electron chi connectivity index (χ2n) is 4.30. The van der Waals surface area contributed by atoms with Crippen LogP contribution >= 0.6 is 0 Å². The maximum Gasteiger partial charge on any atom is 0.243 e. The van der Waals surface area contributed by atoms with Crippen LogP contribution < -0.4 is 5.73 Å². The third-order valence-corrected chi connectivity index (χ3v) is 5.30. The summed E-state index contributed by atoms with van der Waals surface area (Å²) in [6.45, 7) is 7.69. The molecule has 0 aliphatic heterocycles. The van der Waals surface area contributed by atoms with Crippen LogP contribution in [-0.2, 0) is 10.0 Å². The van der Waals surface area contributed by atoms with Gasteiger partial charge < -0.3 is 5.73 Å². The van der Waals surface area contributed by atoms with Gasteiger partial charge in [0.2, 0.25) is 10.0 Å². The molecule has 0 atom stereocenters. The molecule has 0 radical (unpaired) electrons. The van der Waals surface area contributed by atoms with Crippen molar-refractivity contribution in [2.24, 2.45) is 0 Å². The summed E-state index contributed by atoms with van der Waals surface area (Å²) in [4.78, 5) is 0.338. The van der Waals surface area contributed by atoms with E-state index in [1.54, 1.807) is 27.8 Å². The van der Waals surface area contributed by atoms with E-state index < -0.39 is 10.0 Å². The van der Waals surface area contributed by atoms with Gasteiger partial charge in [-0.05, 0) is 37.5 Å². The van der Waals surface area contributed by atoms with Crippen molar-refractivity contribution in [1.29, 1.82) is 0 Å². The van der Waals surface area contributed by atoms with Crippen molar-refractivity contribution in [2.75, 3.05) is 19.3 Å². The molecule has 1 aromatic rings. The highest BCUT2D eigenvalue weighted by Crippen LogP contribution is 2.29. The summed E-state index contributed by atoms with van der Waals surface area (Å²) < 4.78 is 26.0. The number of benzene rings is 1. The lowest BCUT2D eigenvalue weighted by Crippen LogP contribution is -2.28. The number of nitrogen functional groups attached to an aromatic ring is 1. The minimum Gasteiger partial charge on any atom is -0.398 e. The first-order valence-electron chi connectivity index (χ1n) is 5.56. The van der Waals surface area contributed by atoms with Crippen LogP contribution in [-0.4, -0.2) is 26.3 Å². The fourth-order valence-electron chi connectivity index (χ4n) is 1.90. The number of sulfonamides is 1. The van der Waals surface area contributed by atoms with Crippen molar-refractivity contribution < 1.29 is 8.42 Å². The zero-order valence-electron chi connectivity index (χ0n) is 11.0. The number of hydrogen-bond donors (Lipinski definition) is 1. The Balaban J connectivity index is 3.59. The number of rotatable bonds is 3. The maximum atomic E-state index is 12.3. The Labute approximate surface area is 103 Å². The van der Waals surface area contributed by atoms with Crippen LogP contribution in [0.5, 0.6) is 0 Å². The van der Waals surface area contributed by atoms with Crippen molar-refractivity contribution in [3.8, 4) is 0 Å². The minimum absolute atomic E-state index is 0.338. The molecule has 0 heterocycles. The van der Waals surface area contributed by atoms with Gasteiger partial charge in [0.15, 0.2) is 0 Å². The third-order valence-electron chi connectivity index (χ3n) is 3.07. The van der Waals surface area contributed by atoms with E-state index in [-0.39, 0.29) is 0 Å². The van der Waals surface area contributed by atoms with Crippen LogP contribution in [0.4, 0.5) is 5.69 Å². The highest BCUT2D eigenvalue weighted by molar-refractivity contribution is 7.89. The van der Waals surface area contributed by atoms with E-state index in [1.807, 2.05) is 13.0 Å². The lowest BCUT2D eigenvalue weighted by atomic mass is 10.1. The topological polar surface area (TPSA) is 63.4 Å². The molecule has 0 bridgehead atoms. The summed E-state index contributed by atoms with van der Waals surface area (Å²) in [6, 6.07) is 1.82. The molecule has 0 saturated carbocycles. The van der Waals surface area contributed by atoms with Gasteiger partial charge in [-0.15, -0.1) is 0 Å². The predicted molar refractivity (Wildman–Crippen MR) is 70.6 cm³/mol. The van der Waals surface area contributed by atoms with Gasteiger partial charge in [-0.3, -0.25) is 0 Å². The second kappa shape index (κ2) is 4.66. The van der Waals surface area contributed by atoms with Gasteiger partial charge in [-0.25, -0.2) is 12.7 Å². The third kappa shape index (κ3) is 2.30. The molecule has 5 heteroatoms. The van der Waals surface area contributed by atoms with Gasteiger partial charge in [-0.1, -0.05) is 13.0 Å². The molecule has 17 heavy (non-hydrogen) atoms. The molecular weight excluding hydrogens is 236 g/mol. The lowest BCUT2D eigenvalue weighted by molar-refractivity contribution is 0.485. The zero-order valence-corrected chi connectivity index (χ0v) is 11.9. The van der Waals surface area contributed by atoms with Gasteiger partial charge in [-0.2, -0.15) is 0 Å². The van der Waals surface area contributed by atoms with Gasteiger partial charge in [0.1, 0.15) is 0 Å². The Morgan fingerprint density at radius 1 is 1.24 bits per heavy atom. The Morgan fingerprint density at radius 2 is 1.76 bits per heavy atom. The Kier molecular flexibility index (Phi) is 3.84. The number of nitrogens with zero attached hydrogens (tertiary/aromatic N) is 1. The van der Waals surface area contributed by atoms with Gasteiger partial charge in [0.05, 0.1) is 4.90 Å².